The van der Waals surface area contributed by atoms with Crippen molar-refractivity contribution in [1.82, 2.24) is 9.99 Å². The Labute approximate surface area is 105 Å². The number of rotatable bonds is 4. The summed E-state index contributed by atoms with van der Waals surface area (Å²) in [5, 5.41) is 1.04. The average Bonchev–Trinajstić information content (AvgIpc) is 2.80. The summed E-state index contributed by atoms with van der Waals surface area (Å²) in [6, 6.07) is 7.42. The van der Waals surface area contributed by atoms with Crippen molar-refractivity contribution in [2.24, 2.45) is 5.84 Å². The van der Waals surface area contributed by atoms with E-state index in [2.05, 4.69) is 5.43 Å². The number of nitrogens with zero attached hydrogens (tertiary/aromatic N) is 1. The van der Waals surface area contributed by atoms with E-state index in [-0.39, 0.29) is 11.9 Å². The molecule has 0 aliphatic heterocycles. The molecular formula is C13H17N3O2. The van der Waals surface area contributed by atoms with Gasteiger partial charge in [-0.2, -0.15) is 0 Å². The average molecular weight is 247 g/mol. The van der Waals surface area contributed by atoms with Crippen LogP contribution in [0.2, 0.25) is 0 Å². The molecule has 1 aromatic carbocycles. The summed E-state index contributed by atoms with van der Waals surface area (Å²) < 4.78 is 7.33. The molecule has 1 aromatic heterocycles. The second-order valence-electron chi connectivity index (χ2n) is 4.06. The van der Waals surface area contributed by atoms with E-state index in [9.17, 15) is 4.79 Å². The van der Waals surface area contributed by atoms with Gasteiger partial charge in [0.05, 0.1) is 6.61 Å². The molecule has 0 radical (unpaired) electrons. The van der Waals surface area contributed by atoms with Crippen LogP contribution in [0.1, 0.15) is 19.9 Å². The maximum Gasteiger partial charge on any atom is 0.256 e. The van der Waals surface area contributed by atoms with E-state index >= 15 is 0 Å². The van der Waals surface area contributed by atoms with E-state index in [1.165, 1.54) is 0 Å². The Balaban J connectivity index is 2.39. The molecule has 18 heavy (non-hydrogen) atoms. The smallest absolute Gasteiger partial charge is 0.256 e. The van der Waals surface area contributed by atoms with E-state index < -0.39 is 0 Å². The number of hydrazine groups is 1. The van der Waals surface area contributed by atoms with Crippen molar-refractivity contribution < 1.29 is 9.53 Å². The predicted molar refractivity (Wildman–Crippen MR) is 70.1 cm³/mol. The molecule has 5 nitrogen and oxygen atoms in total. The lowest BCUT2D eigenvalue weighted by atomic mass is 10.2. The van der Waals surface area contributed by atoms with Crippen molar-refractivity contribution in [1.29, 1.82) is 0 Å². The van der Waals surface area contributed by atoms with Gasteiger partial charge >= 0.3 is 0 Å². The Morgan fingerprint density at radius 3 is 2.94 bits per heavy atom. The van der Waals surface area contributed by atoms with Gasteiger partial charge in [0.2, 0.25) is 0 Å². The lowest BCUT2D eigenvalue weighted by Crippen LogP contribution is -2.35. The number of ether oxygens (including phenoxy) is 1. The third kappa shape index (κ3) is 2.17. The first-order chi connectivity index (χ1) is 8.67. The van der Waals surface area contributed by atoms with E-state index in [1.54, 1.807) is 6.92 Å². The van der Waals surface area contributed by atoms with Gasteiger partial charge in [-0.05, 0) is 38.1 Å². The molecule has 0 fully saturated rings. The van der Waals surface area contributed by atoms with Crippen LogP contribution in [0.5, 0.6) is 5.75 Å². The zero-order valence-corrected chi connectivity index (χ0v) is 10.5. The number of carbonyl (C=O) groups excluding carboxylic acids is 1. The highest BCUT2D eigenvalue weighted by atomic mass is 16.5. The molecule has 1 amide bonds. The van der Waals surface area contributed by atoms with E-state index in [0.717, 1.165) is 16.7 Å². The quantitative estimate of drug-likeness (QED) is 0.489. The molecule has 1 unspecified atom stereocenters. The lowest BCUT2D eigenvalue weighted by molar-refractivity contribution is -0.123. The highest BCUT2D eigenvalue weighted by Gasteiger charge is 2.15. The fourth-order valence-corrected chi connectivity index (χ4v) is 1.98. The van der Waals surface area contributed by atoms with Gasteiger partial charge in [0.25, 0.3) is 5.91 Å². The number of nitrogens with two attached hydrogens (primary N) is 1. The first-order valence-corrected chi connectivity index (χ1v) is 5.91. The van der Waals surface area contributed by atoms with Gasteiger partial charge < -0.3 is 9.30 Å². The molecule has 0 saturated carbocycles. The van der Waals surface area contributed by atoms with Crippen LogP contribution in [-0.4, -0.2) is 17.1 Å². The summed E-state index contributed by atoms with van der Waals surface area (Å²) in [5.41, 5.74) is 3.15. The summed E-state index contributed by atoms with van der Waals surface area (Å²) in [7, 11) is 0. The number of hydrogen-bond acceptors (Lipinski definition) is 3. The Bertz CT molecular complexity index is 562. The van der Waals surface area contributed by atoms with Crippen molar-refractivity contribution in [3.05, 3.63) is 30.5 Å². The Morgan fingerprint density at radius 2 is 2.28 bits per heavy atom. The third-order valence-corrected chi connectivity index (χ3v) is 2.94. The molecule has 2 rings (SSSR count). The molecule has 0 aliphatic rings. The molecule has 3 N–H and O–H groups in total. The molecule has 0 saturated heterocycles. The highest BCUT2D eigenvalue weighted by Crippen LogP contribution is 2.24. The predicted octanol–water partition coefficient (Wildman–Crippen LogP) is 1.59. The van der Waals surface area contributed by atoms with Crippen molar-refractivity contribution >= 4 is 16.8 Å². The summed E-state index contributed by atoms with van der Waals surface area (Å²) in [6.07, 6.45) is 1.88. The van der Waals surface area contributed by atoms with Crippen molar-refractivity contribution in [2.75, 3.05) is 6.61 Å². The maximum absolute atomic E-state index is 11.5. The molecule has 0 aliphatic carbocycles. The summed E-state index contributed by atoms with van der Waals surface area (Å²) >= 11 is 0. The van der Waals surface area contributed by atoms with Crippen molar-refractivity contribution in [2.45, 2.75) is 19.9 Å². The molecule has 0 bridgehead atoms. The number of fused-ring (bicyclic) bond motifs is 1. The minimum Gasteiger partial charge on any atom is -0.494 e. The van der Waals surface area contributed by atoms with E-state index in [1.807, 2.05) is 42.0 Å². The number of hydrogen-bond donors (Lipinski definition) is 2. The van der Waals surface area contributed by atoms with Crippen molar-refractivity contribution in [3.8, 4) is 5.75 Å². The molecule has 1 atom stereocenters. The SMILES string of the molecule is CCOc1ccc2c(ccn2C(C)C(=O)NN)c1. The van der Waals surface area contributed by atoms with E-state index in [4.69, 9.17) is 10.6 Å². The fourth-order valence-electron chi connectivity index (χ4n) is 1.98. The second-order valence-corrected chi connectivity index (χ2v) is 4.06. The summed E-state index contributed by atoms with van der Waals surface area (Å²) in [4.78, 5) is 11.5. The topological polar surface area (TPSA) is 69.3 Å². The Morgan fingerprint density at radius 1 is 1.50 bits per heavy atom. The van der Waals surface area contributed by atoms with Gasteiger partial charge in [0.15, 0.2) is 0 Å². The maximum atomic E-state index is 11.5. The minimum atomic E-state index is -0.342. The number of nitrogens with one attached hydrogen (secondary N) is 1. The highest BCUT2D eigenvalue weighted by molar-refractivity contribution is 5.86. The summed E-state index contributed by atoms with van der Waals surface area (Å²) in [5.74, 6) is 5.77. The Hall–Kier alpha value is -2.01. The number of amides is 1. The molecule has 2 aromatic rings. The van der Waals surface area contributed by atoms with Gasteiger partial charge in [-0.25, -0.2) is 5.84 Å². The monoisotopic (exact) mass is 247 g/mol. The summed E-state index contributed by atoms with van der Waals surface area (Å²) in [6.45, 7) is 4.39. The van der Waals surface area contributed by atoms with Crippen LogP contribution < -0.4 is 16.0 Å². The zero-order valence-electron chi connectivity index (χ0n) is 10.5. The fraction of sp³-hybridized carbons (Fsp3) is 0.308. The lowest BCUT2D eigenvalue weighted by Gasteiger charge is -2.13. The third-order valence-electron chi connectivity index (χ3n) is 2.94. The zero-order chi connectivity index (χ0) is 13.1. The van der Waals surface area contributed by atoms with Crippen LogP contribution in [0.25, 0.3) is 10.9 Å². The van der Waals surface area contributed by atoms with Gasteiger partial charge in [-0.1, -0.05) is 0 Å². The molecule has 1 heterocycles. The number of benzene rings is 1. The van der Waals surface area contributed by atoms with Crippen LogP contribution in [0.4, 0.5) is 0 Å². The first-order valence-electron chi connectivity index (χ1n) is 5.91. The second kappa shape index (κ2) is 5.10. The van der Waals surface area contributed by atoms with Gasteiger partial charge in [-0.15, -0.1) is 0 Å². The van der Waals surface area contributed by atoms with Crippen molar-refractivity contribution in [3.63, 3.8) is 0 Å². The molecule has 96 valence electrons. The normalized spacial score (nSPS) is 12.4. The van der Waals surface area contributed by atoms with E-state index in [0.29, 0.717) is 6.61 Å². The van der Waals surface area contributed by atoms with Gasteiger partial charge in [0.1, 0.15) is 11.8 Å². The number of aromatic nitrogens is 1. The van der Waals surface area contributed by atoms with Crippen LogP contribution in [0, 0.1) is 0 Å². The molecule has 5 heteroatoms. The minimum absolute atomic E-state index is 0.221. The molecular weight excluding hydrogens is 230 g/mol. The number of carbonyl (C=O) groups is 1. The first kappa shape index (κ1) is 12.4. The van der Waals surface area contributed by atoms with Crippen LogP contribution in [-0.2, 0) is 4.79 Å². The Kier molecular flexibility index (Phi) is 3.53. The van der Waals surface area contributed by atoms with Crippen LogP contribution in [0.3, 0.4) is 0 Å². The molecule has 0 spiro atoms. The van der Waals surface area contributed by atoms with Gasteiger partial charge in [-0.3, -0.25) is 10.2 Å². The van der Waals surface area contributed by atoms with Crippen LogP contribution in [0.15, 0.2) is 30.5 Å². The standard InChI is InChI=1S/C13H17N3O2/c1-3-18-11-4-5-12-10(8-11)6-7-16(12)9(2)13(17)15-14/h4-9H,3,14H2,1-2H3,(H,15,17). The van der Waals surface area contributed by atoms with Crippen LogP contribution >= 0.6 is 0 Å². The van der Waals surface area contributed by atoms with Gasteiger partial charge in [0, 0.05) is 17.1 Å². The largest absolute Gasteiger partial charge is 0.494 e.